The van der Waals surface area contributed by atoms with Gasteiger partial charge in [-0.05, 0) is 45.2 Å². The highest BCUT2D eigenvalue weighted by molar-refractivity contribution is 5.66. The fourth-order valence-corrected chi connectivity index (χ4v) is 2.31. The van der Waals surface area contributed by atoms with Crippen molar-refractivity contribution in [3.8, 4) is 0 Å². The van der Waals surface area contributed by atoms with Gasteiger partial charge in [0.2, 0.25) is 0 Å². The largest absolute Gasteiger partial charge is 0.481 e. The van der Waals surface area contributed by atoms with Crippen molar-refractivity contribution in [2.45, 2.75) is 52.0 Å². The van der Waals surface area contributed by atoms with Crippen molar-refractivity contribution in [1.29, 1.82) is 0 Å². The Bertz CT molecular complexity index is 409. The number of hydrogen-bond donors (Lipinski definition) is 1. The van der Waals surface area contributed by atoms with Crippen molar-refractivity contribution in [1.82, 2.24) is 4.90 Å². The van der Waals surface area contributed by atoms with Crippen LogP contribution in [0.5, 0.6) is 0 Å². The summed E-state index contributed by atoms with van der Waals surface area (Å²) in [4.78, 5) is 13.0. The molecule has 0 bridgehead atoms. The molecule has 1 aromatic rings. The smallest absolute Gasteiger partial charge is 0.304 e. The average molecular weight is 277 g/mol. The minimum atomic E-state index is -0.727. The molecule has 1 unspecified atom stereocenters. The van der Waals surface area contributed by atoms with Gasteiger partial charge in [0.05, 0.1) is 6.42 Å². The molecule has 0 aliphatic rings. The van der Waals surface area contributed by atoms with E-state index in [1.165, 1.54) is 5.56 Å². The third kappa shape index (κ3) is 5.74. The Balaban J connectivity index is 2.55. The quantitative estimate of drug-likeness (QED) is 0.825. The molecule has 0 aliphatic carbocycles. The second-order valence-electron chi connectivity index (χ2n) is 6.40. The lowest BCUT2D eigenvalue weighted by Gasteiger charge is -2.36. The maximum absolute atomic E-state index is 10.8. The van der Waals surface area contributed by atoms with Gasteiger partial charge >= 0.3 is 5.97 Å². The zero-order chi connectivity index (χ0) is 15.2. The molecular formula is C17H27NO2. The number of carboxylic acid groups (broad SMARTS) is 1. The molecule has 3 nitrogen and oxygen atoms in total. The van der Waals surface area contributed by atoms with Gasteiger partial charge in [-0.2, -0.15) is 0 Å². The molecule has 0 fully saturated rings. The third-order valence-electron chi connectivity index (χ3n) is 3.74. The molecule has 0 amide bonds. The second-order valence-corrected chi connectivity index (χ2v) is 6.40. The van der Waals surface area contributed by atoms with Crippen LogP contribution in [0.15, 0.2) is 30.3 Å². The maximum Gasteiger partial charge on any atom is 0.304 e. The summed E-state index contributed by atoms with van der Waals surface area (Å²) in [5, 5.41) is 8.86. The molecule has 112 valence electrons. The van der Waals surface area contributed by atoms with Crippen LogP contribution in [-0.4, -0.2) is 34.6 Å². The van der Waals surface area contributed by atoms with Crippen molar-refractivity contribution in [2.24, 2.45) is 0 Å². The van der Waals surface area contributed by atoms with E-state index < -0.39 is 5.97 Å². The normalized spacial score (nSPS) is 13.4. The van der Waals surface area contributed by atoms with Crippen molar-refractivity contribution >= 4 is 5.97 Å². The van der Waals surface area contributed by atoms with E-state index in [1.807, 2.05) is 6.07 Å². The fraction of sp³-hybridized carbons (Fsp3) is 0.588. The van der Waals surface area contributed by atoms with Crippen molar-refractivity contribution in [2.75, 3.05) is 13.1 Å². The number of rotatable bonds is 7. The number of carbonyl (C=O) groups is 1. The number of aliphatic carboxylic acids is 1. The Morgan fingerprint density at radius 3 is 2.30 bits per heavy atom. The van der Waals surface area contributed by atoms with Crippen molar-refractivity contribution in [3.63, 3.8) is 0 Å². The summed E-state index contributed by atoms with van der Waals surface area (Å²) in [6.45, 7) is 10.2. The summed E-state index contributed by atoms with van der Waals surface area (Å²) < 4.78 is 0. The average Bonchev–Trinajstić information content (AvgIpc) is 2.37. The summed E-state index contributed by atoms with van der Waals surface area (Å²) in [6.07, 6.45) is 1.25. The highest BCUT2D eigenvalue weighted by atomic mass is 16.4. The Kier molecular flexibility index (Phi) is 6.21. The summed E-state index contributed by atoms with van der Waals surface area (Å²) in [7, 11) is 0. The van der Waals surface area contributed by atoms with E-state index in [2.05, 4.69) is 56.9 Å². The molecule has 0 aliphatic heterocycles. The molecule has 1 atom stereocenters. The van der Waals surface area contributed by atoms with Crippen LogP contribution >= 0.6 is 0 Å². The van der Waals surface area contributed by atoms with E-state index in [4.69, 9.17) is 5.11 Å². The van der Waals surface area contributed by atoms with Crippen molar-refractivity contribution in [3.05, 3.63) is 35.9 Å². The van der Waals surface area contributed by atoms with E-state index in [0.717, 1.165) is 13.0 Å². The molecule has 0 heterocycles. The van der Waals surface area contributed by atoms with Crippen LogP contribution in [0.1, 0.15) is 52.0 Å². The molecule has 20 heavy (non-hydrogen) atoms. The Labute approximate surface area is 122 Å². The minimum absolute atomic E-state index is 0.00581. The van der Waals surface area contributed by atoms with Gasteiger partial charge in [-0.25, -0.2) is 0 Å². The van der Waals surface area contributed by atoms with E-state index in [0.29, 0.717) is 12.5 Å². The lowest BCUT2D eigenvalue weighted by atomic mass is 9.96. The molecule has 0 saturated heterocycles. The van der Waals surface area contributed by atoms with Crippen LogP contribution in [0, 0.1) is 0 Å². The van der Waals surface area contributed by atoms with Crippen LogP contribution in [0.25, 0.3) is 0 Å². The highest BCUT2D eigenvalue weighted by Gasteiger charge is 2.22. The summed E-state index contributed by atoms with van der Waals surface area (Å²) >= 11 is 0. The number of benzene rings is 1. The molecule has 0 radical (unpaired) electrons. The number of nitrogens with zero attached hydrogens (tertiary/aromatic N) is 1. The molecule has 1 rings (SSSR count). The summed E-state index contributed by atoms with van der Waals surface area (Å²) in [5.74, 6) is -0.235. The maximum atomic E-state index is 10.8. The van der Waals surface area contributed by atoms with Crippen LogP contribution in [0.3, 0.4) is 0 Å². The first kappa shape index (κ1) is 16.7. The Hall–Kier alpha value is -1.35. The van der Waals surface area contributed by atoms with Gasteiger partial charge in [0, 0.05) is 12.1 Å². The van der Waals surface area contributed by atoms with Gasteiger partial charge in [-0.1, -0.05) is 37.3 Å². The summed E-state index contributed by atoms with van der Waals surface area (Å²) in [6, 6.07) is 10.5. The number of hydrogen-bond acceptors (Lipinski definition) is 2. The first-order chi connectivity index (χ1) is 9.30. The van der Waals surface area contributed by atoms with Crippen LogP contribution in [0.4, 0.5) is 0 Å². The topological polar surface area (TPSA) is 40.5 Å². The SMILES string of the molecule is CC(CCN(CCC(=O)O)C(C)(C)C)c1ccccc1. The van der Waals surface area contributed by atoms with Gasteiger partial charge in [0.25, 0.3) is 0 Å². The predicted octanol–water partition coefficient (Wildman–Crippen LogP) is 3.76. The molecule has 1 aromatic carbocycles. The molecule has 0 spiro atoms. The highest BCUT2D eigenvalue weighted by Crippen LogP contribution is 2.21. The van der Waals surface area contributed by atoms with Gasteiger partial charge in [-0.15, -0.1) is 0 Å². The van der Waals surface area contributed by atoms with Crippen LogP contribution in [-0.2, 0) is 4.79 Å². The minimum Gasteiger partial charge on any atom is -0.481 e. The lowest BCUT2D eigenvalue weighted by Crippen LogP contribution is -2.43. The monoisotopic (exact) mass is 277 g/mol. The van der Waals surface area contributed by atoms with Crippen LogP contribution < -0.4 is 0 Å². The zero-order valence-corrected chi connectivity index (χ0v) is 13.1. The predicted molar refractivity (Wildman–Crippen MR) is 83.1 cm³/mol. The van der Waals surface area contributed by atoms with Gasteiger partial charge in [-0.3, -0.25) is 9.69 Å². The van der Waals surface area contributed by atoms with Gasteiger partial charge in [0.15, 0.2) is 0 Å². The second kappa shape index (κ2) is 7.44. The van der Waals surface area contributed by atoms with E-state index in [-0.39, 0.29) is 12.0 Å². The third-order valence-corrected chi connectivity index (χ3v) is 3.74. The van der Waals surface area contributed by atoms with E-state index in [9.17, 15) is 4.79 Å². The Morgan fingerprint density at radius 1 is 1.20 bits per heavy atom. The van der Waals surface area contributed by atoms with Gasteiger partial charge < -0.3 is 5.11 Å². The first-order valence-corrected chi connectivity index (χ1v) is 7.32. The van der Waals surface area contributed by atoms with E-state index >= 15 is 0 Å². The Morgan fingerprint density at radius 2 is 1.80 bits per heavy atom. The first-order valence-electron chi connectivity index (χ1n) is 7.32. The number of carboxylic acids is 1. The van der Waals surface area contributed by atoms with E-state index in [1.54, 1.807) is 0 Å². The van der Waals surface area contributed by atoms with Crippen LogP contribution in [0.2, 0.25) is 0 Å². The molecular weight excluding hydrogens is 250 g/mol. The molecule has 3 heteroatoms. The van der Waals surface area contributed by atoms with Gasteiger partial charge in [0.1, 0.15) is 0 Å². The lowest BCUT2D eigenvalue weighted by molar-refractivity contribution is -0.137. The fourth-order valence-electron chi connectivity index (χ4n) is 2.31. The zero-order valence-electron chi connectivity index (χ0n) is 13.1. The molecule has 0 aromatic heterocycles. The molecule has 1 N–H and O–H groups in total. The standard InChI is InChI=1S/C17H27NO2/c1-14(15-8-6-5-7-9-15)10-12-18(17(2,3)4)13-11-16(19)20/h5-9,14H,10-13H2,1-4H3,(H,19,20). The summed E-state index contributed by atoms with van der Waals surface area (Å²) in [5.41, 5.74) is 1.35. The molecule has 0 saturated carbocycles. The van der Waals surface area contributed by atoms with Crippen molar-refractivity contribution < 1.29 is 9.90 Å².